The fraction of sp³-hybridized carbons (Fsp3) is 0. The number of nitrogens with zero attached hydrogens (tertiary/aromatic N) is 7. The van der Waals surface area contributed by atoms with Gasteiger partial charge in [0, 0.05) is 55.0 Å². The quantitative estimate of drug-likeness (QED) is 0.152. The van der Waals surface area contributed by atoms with Gasteiger partial charge < -0.3 is 4.57 Å². The topological polar surface area (TPSA) is 74.3 Å². The summed E-state index contributed by atoms with van der Waals surface area (Å²) in [5, 5.41) is 4.56. The summed E-state index contributed by atoms with van der Waals surface area (Å²) < 4.78 is 4.57. The number of hydrogen-bond acceptors (Lipinski definition) is 5. The average molecular weight is 870 g/mol. The summed E-state index contributed by atoms with van der Waals surface area (Å²) in [7, 11) is 0. The summed E-state index contributed by atoms with van der Waals surface area (Å²) in [6, 6.07) is 82.2. The predicted molar refractivity (Wildman–Crippen MR) is 277 cm³/mol. The lowest BCUT2D eigenvalue weighted by molar-refractivity contribution is 0.953. The third kappa shape index (κ3) is 6.80. The largest absolute Gasteiger partial charge is 0.309 e. The molecule has 0 saturated carbocycles. The molecule has 0 radical (unpaired) electrons. The van der Waals surface area contributed by atoms with Crippen molar-refractivity contribution in [3.8, 4) is 79.4 Å². The van der Waals surface area contributed by atoms with Crippen LogP contribution in [0.2, 0.25) is 0 Å². The van der Waals surface area contributed by atoms with Crippen molar-refractivity contribution in [3.63, 3.8) is 0 Å². The predicted octanol–water partition coefficient (Wildman–Crippen LogP) is 14.9. The Morgan fingerprint density at radius 2 is 0.662 bits per heavy atom. The third-order valence-electron chi connectivity index (χ3n) is 12.8. The molecule has 0 amide bonds. The molecule has 318 valence electrons. The molecule has 68 heavy (non-hydrogen) atoms. The van der Waals surface area contributed by atoms with Gasteiger partial charge in [-0.1, -0.05) is 194 Å². The summed E-state index contributed by atoms with van der Waals surface area (Å²) in [6.07, 6.45) is 0. The van der Waals surface area contributed by atoms with Gasteiger partial charge in [0.1, 0.15) is 0 Å². The molecule has 7 nitrogen and oxygen atoms in total. The third-order valence-corrected chi connectivity index (χ3v) is 12.8. The molecule has 0 saturated heterocycles. The molecule has 0 aliphatic carbocycles. The van der Waals surface area contributed by atoms with Gasteiger partial charge in [0.15, 0.2) is 17.5 Å². The van der Waals surface area contributed by atoms with Crippen molar-refractivity contribution >= 4 is 43.6 Å². The number of para-hydroxylation sites is 2. The molecule has 4 heterocycles. The molecule has 0 fully saturated rings. The van der Waals surface area contributed by atoms with E-state index in [9.17, 15) is 0 Å². The Morgan fingerprint density at radius 3 is 1.26 bits per heavy atom. The van der Waals surface area contributed by atoms with Crippen molar-refractivity contribution in [2.24, 2.45) is 0 Å². The Hall–Kier alpha value is -9.33. The highest BCUT2D eigenvalue weighted by molar-refractivity contribution is 6.19. The lowest BCUT2D eigenvalue weighted by Gasteiger charge is -2.13. The second-order valence-electron chi connectivity index (χ2n) is 16.9. The second-order valence-corrected chi connectivity index (χ2v) is 16.9. The molecule has 13 aromatic rings. The number of benzene rings is 9. The van der Waals surface area contributed by atoms with Crippen LogP contribution >= 0.6 is 0 Å². The highest BCUT2D eigenvalue weighted by Crippen LogP contribution is 2.40. The Kier molecular flexibility index (Phi) is 9.35. The smallest absolute Gasteiger partial charge is 0.238 e. The van der Waals surface area contributed by atoms with Gasteiger partial charge in [0.2, 0.25) is 5.95 Å². The maximum Gasteiger partial charge on any atom is 0.238 e. The summed E-state index contributed by atoms with van der Waals surface area (Å²) in [5.74, 6) is 2.44. The lowest BCUT2D eigenvalue weighted by atomic mass is 10.0. The van der Waals surface area contributed by atoms with Crippen LogP contribution in [0.1, 0.15) is 0 Å². The van der Waals surface area contributed by atoms with Crippen LogP contribution in [-0.4, -0.2) is 34.1 Å². The zero-order chi connectivity index (χ0) is 45.0. The van der Waals surface area contributed by atoms with E-state index < -0.39 is 0 Å². The van der Waals surface area contributed by atoms with Crippen LogP contribution < -0.4 is 0 Å². The van der Waals surface area contributed by atoms with Gasteiger partial charge in [-0.3, -0.25) is 4.57 Å². The molecule has 0 aliphatic rings. The number of hydrogen-bond donors (Lipinski definition) is 0. The Balaban J connectivity index is 1.01. The molecule has 0 atom stereocenters. The van der Waals surface area contributed by atoms with Crippen molar-refractivity contribution in [1.82, 2.24) is 34.1 Å². The molecule has 13 rings (SSSR count). The molecule has 0 aliphatic heterocycles. The van der Waals surface area contributed by atoms with Crippen molar-refractivity contribution in [2.75, 3.05) is 0 Å². The average Bonchev–Trinajstić information content (AvgIpc) is 3.93. The molecule has 9 aromatic carbocycles. The number of rotatable bonds is 8. The fourth-order valence-electron chi connectivity index (χ4n) is 9.55. The van der Waals surface area contributed by atoms with E-state index in [1.807, 2.05) is 72.8 Å². The van der Waals surface area contributed by atoms with Crippen LogP contribution in [0, 0.1) is 0 Å². The second kappa shape index (κ2) is 16.3. The monoisotopic (exact) mass is 869 g/mol. The lowest BCUT2D eigenvalue weighted by Crippen LogP contribution is -2.06. The SMILES string of the molecule is c1ccc(-c2ccc(-c3nc(-c4ccccc4)cc(-c4cccc(-n5c6ccccc6c6cc7c8ccccc8n(-c8nc(-c9ccccc9)nc(-c9ccccc9)n8)c7cc65)c4)n3)cc2)cc1. The van der Waals surface area contributed by atoms with E-state index in [2.05, 4.69) is 173 Å². The van der Waals surface area contributed by atoms with Crippen molar-refractivity contribution < 1.29 is 0 Å². The van der Waals surface area contributed by atoms with E-state index in [1.54, 1.807) is 0 Å². The van der Waals surface area contributed by atoms with Gasteiger partial charge in [-0.15, -0.1) is 0 Å². The first-order valence-corrected chi connectivity index (χ1v) is 22.7. The zero-order valence-electron chi connectivity index (χ0n) is 36.6. The highest BCUT2D eigenvalue weighted by atomic mass is 15.2. The normalized spacial score (nSPS) is 11.5. The van der Waals surface area contributed by atoms with Crippen LogP contribution in [-0.2, 0) is 0 Å². The molecule has 0 bridgehead atoms. The molecule has 0 N–H and O–H groups in total. The van der Waals surface area contributed by atoms with E-state index in [1.165, 1.54) is 10.9 Å². The molecule has 4 aromatic heterocycles. The molecular formula is C61H39N7. The van der Waals surface area contributed by atoms with Crippen LogP contribution in [0.4, 0.5) is 0 Å². The minimum Gasteiger partial charge on any atom is -0.309 e. The van der Waals surface area contributed by atoms with Crippen LogP contribution in [0.3, 0.4) is 0 Å². The fourth-order valence-corrected chi connectivity index (χ4v) is 9.55. The van der Waals surface area contributed by atoms with Crippen LogP contribution in [0.15, 0.2) is 237 Å². The Labute approximate surface area is 392 Å². The van der Waals surface area contributed by atoms with Crippen molar-refractivity contribution in [2.45, 2.75) is 0 Å². The molecule has 0 spiro atoms. The van der Waals surface area contributed by atoms with Gasteiger partial charge in [0.25, 0.3) is 0 Å². The maximum absolute atomic E-state index is 5.27. The summed E-state index contributed by atoms with van der Waals surface area (Å²) in [5.41, 5.74) is 14.0. The Morgan fingerprint density at radius 1 is 0.235 bits per heavy atom. The standard InChI is InChI=1S/C61H39N7/c1-5-18-40(19-6-1)41-32-34-45(35-33-41)58-62-52(42-20-7-2-8-21-42)38-53(63-58)46-26-17-27-47(36-46)67-54-30-15-13-28-48(54)50-37-51-49-29-14-16-31-55(49)68(57(51)39-56(50)67)61-65-59(43-22-9-3-10-23-43)64-60(66-61)44-24-11-4-12-25-44/h1-39H. The van der Waals surface area contributed by atoms with Crippen molar-refractivity contribution in [1.29, 1.82) is 0 Å². The minimum absolute atomic E-state index is 0.552. The first-order valence-electron chi connectivity index (χ1n) is 22.7. The van der Waals surface area contributed by atoms with Gasteiger partial charge in [-0.2, -0.15) is 9.97 Å². The van der Waals surface area contributed by atoms with E-state index in [0.29, 0.717) is 23.4 Å². The van der Waals surface area contributed by atoms with Crippen LogP contribution in [0.5, 0.6) is 0 Å². The van der Waals surface area contributed by atoms with Crippen LogP contribution in [0.25, 0.3) is 123 Å². The highest BCUT2D eigenvalue weighted by Gasteiger charge is 2.22. The summed E-state index contributed by atoms with van der Waals surface area (Å²) in [6.45, 7) is 0. The van der Waals surface area contributed by atoms with E-state index in [-0.39, 0.29) is 0 Å². The first-order chi connectivity index (χ1) is 33.7. The van der Waals surface area contributed by atoms with Gasteiger partial charge in [0.05, 0.1) is 33.5 Å². The zero-order valence-corrected chi connectivity index (χ0v) is 36.6. The van der Waals surface area contributed by atoms with E-state index >= 15 is 0 Å². The first kappa shape index (κ1) is 39.1. The van der Waals surface area contributed by atoms with E-state index in [0.717, 1.165) is 88.7 Å². The van der Waals surface area contributed by atoms with Gasteiger partial charge in [-0.05, 0) is 53.6 Å². The Bertz CT molecular complexity index is 3940. The molecule has 7 heteroatoms. The summed E-state index contributed by atoms with van der Waals surface area (Å²) >= 11 is 0. The summed E-state index contributed by atoms with van der Waals surface area (Å²) in [4.78, 5) is 25.9. The number of fused-ring (bicyclic) bond motifs is 6. The maximum atomic E-state index is 5.27. The molecular weight excluding hydrogens is 831 g/mol. The van der Waals surface area contributed by atoms with Gasteiger partial charge in [-0.25, -0.2) is 15.0 Å². The van der Waals surface area contributed by atoms with E-state index in [4.69, 9.17) is 24.9 Å². The molecule has 0 unspecified atom stereocenters. The van der Waals surface area contributed by atoms with Crippen molar-refractivity contribution in [3.05, 3.63) is 237 Å². The minimum atomic E-state index is 0.552. The number of aromatic nitrogens is 7. The van der Waals surface area contributed by atoms with Gasteiger partial charge >= 0.3 is 0 Å².